The maximum atomic E-state index is 13.8. The molecule has 7 nitrogen and oxygen atoms in total. The molecule has 0 saturated carbocycles. The van der Waals surface area contributed by atoms with Crippen LogP contribution in [0.5, 0.6) is 0 Å². The van der Waals surface area contributed by atoms with Gasteiger partial charge >= 0.3 is 0 Å². The number of rotatable bonds is 4. The summed E-state index contributed by atoms with van der Waals surface area (Å²) in [6.45, 7) is 3.90. The normalized spacial score (nSPS) is 21.5. The predicted octanol–water partition coefficient (Wildman–Crippen LogP) is 1.88. The Kier molecular flexibility index (Phi) is 6.46. The lowest BCUT2D eigenvalue weighted by Crippen LogP contribution is -2.51. The van der Waals surface area contributed by atoms with Gasteiger partial charge in [-0.3, -0.25) is 10.1 Å². The first-order valence-electron chi connectivity index (χ1n) is 6.92. The molecule has 130 valence electrons. The van der Waals surface area contributed by atoms with Crippen LogP contribution in [0.4, 0.5) is 10.1 Å². The van der Waals surface area contributed by atoms with Gasteiger partial charge in [-0.05, 0) is 39.3 Å². The highest BCUT2D eigenvalue weighted by Gasteiger charge is 2.29. The second-order valence-corrected chi connectivity index (χ2v) is 7.13. The van der Waals surface area contributed by atoms with Gasteiger partial charge in [0, 0.05) is 18.2 Å². The van der Waals surface area contributed by atoms with Gasteiger partial charge in [0.1, 0.15) is 5.82 Å². The minimum atomic E-state index is -4.02. The number of hydrogen-bond donors (Lipinski definition) is 2. The summed E-state index contributed by atoms with van der Waals surface area (Å²) in [5.41, 5.74) is -0.730. The molecule has 1 heterocycles. The number of nitrogens with zero attached hydrogens (tertiary/aromatic N) is 1. The molecule has 0 aromatic heterocycles. The lowest BCUT2D eigenvalue weighted by molar-refractivity contribution is -0.385. The predicted molar refractivity (Wildman–Crippen MR) is 85.8 cm³/mol. The minimum absolute atomic E-state index is 0. The number of piperidine rings is 1. The zero-order chi connectivity index (χ0) is 16.5. The van der Waals surface area contributed by atoms with E-state index in [0.29, 0.717) is 6.42 Å². The molecule has 1 aromatic rings. The molecular weight excluding hydrogens is 349 g/mol. The Morgan fingerprint density at radius 3 is 2.65 bits per heavy atom. The zero-order valence-corrected chi connectivity index (χ0v) is 14.3. The summed E-state index contributed by atoms with van der Waals surface area (Å²) in [6.07, 6.45) is 1.48. The van der Waals surface area contributed by atoms with Crippen molar-refractivity contribution in [3.63, 3.8) is 0 Å². The van der Waals surface area contributed by atoms with Crippen LogP contribution in [0.25, 0.3) is 0 Å². The maximum Gasteiger partial charge on any atom is 0.276 e. The summed E-state index contributed by atoms with van der Waals surface area (Å²) in [5.74, 6) is -0.913. The first-order chi connectivity index (χ1) is 10.2. The largest absolute Gasteiger partial charge is 0.313 e. The number of sulfonamides is 1. The van der Waals surface area contributed by atoms with Crippen LogP contribution in [-0.2, 0) is 10.0 Å². The van der Waals surface area contributed by atoms with Crippen LogP contribution in [0, 0.1) is 22.9 Å². The molecule has 1 fully saturated rings. The molecule has 0 amide bonds. The fourth-order valence-electron chi connectivity index (χ4n) is 2.46. The number of halogens is 2. The second-order valence-electron chi connectivity index (χ2n) is 5.42. The van der Waals surface area contributed by atoms with E-state index in [9.17, 15) is 22.9 Å². The molecule has 0 spiro atoms. The molecule has 1 aromatic carbocycles. The molecule has 2 N–H and O–H groups in total. The molecule has 1 saturated heterocycles. The summed E-state index contributed by atoms with van der Waals surface area (Å²) >= 11 is 0. The third-order valence-electron chi connectivity index (χ3n) is 3.87. The molecule has 1 aliphatic rings. The van der Waals surface area contributed by atoms with E-state index in [4.69, 9.17) is 0 Å². The Balaban J connectivity index is 0.00000264. The van der Waals surface area contributed by atoms with Gasteiger partial charge in [0.2, 0.25) is 10.0 Å². The van der Waals surface area contributed by atoms with Crippen LogP contribution in [0.2, 0.25) is 0 Å². The number of nitro benzene ring substituents is 1. The first kappa shape index (κ1) is 19.8. The number of hydrogen-bond acceptors (Lipinski definition) is 5. The fraction of sp³-hybridized carbons (Fsp3) is 0.538. The van der Waals surface area contributed by atoms with Gasteiger partial charge in [-0.15, -0.1) is 12.4 Å². The highest BCUT2D eigenvalue weighted by atomic mass is 35.5. The highest BCUT2D eigenvalue weighted by molar-refractivity contribution is 7.89. The van der Waals surface area contributed by atoms with Crippen molar-refractivity contribution in [3.05, 3.63) is 33.6 Å². The van der Waals surface area contributed by atoms with Crippen LogP contribution in [0.3, 0.4) is 0 Å². The van der Waals surface area contributed by atoms with Gasteiger partial charge < -0.3 is 5.32 Å². The van der Waals surface area contributed by atoms with Crippen molar-refractivity contribution < 1.29 is 17.7 Å². The van der Waals surface area contributed by atoms with Gasteiger partial charge in [-0.1, -0.05) is 0 Å². The molecule has 0 radical (unpaired) electrons. The van der Waals surface area contributed by atoms with E-state index in [1.807, 2.05) is 6.92 Å². The Morgan fingerprint density at radius 2 is 2.09 bits per heavy atom. The van der Waals surface area contributed by atoms with E-state index >= 15 is 0 Å². The number of benzene rings is 1. The molecule has 23 heavy (non-hydrogen) atoms. The van der Waals surface area contributed by atoms with Crippen molar-refractivity contribution in [1.82, 2.24) is 10.0 Å². The molecule has 1 aliphatic heterocycles. The number of nitrogens with one attached hydrogen (secondary N) is 2. The fourth-order valence-corrected chi connectivity index (χ4v) is 3.84. The summed E-state index contributed by atoms with van der Waals surface area (Å²) < 4.78 is 41.0. The molecule has 2 rings (SSSR count). The second kappa shape index (κ2) is 7.52. The summed E-state index contributed by atoms with van der Waals surface area (Å²) in [4.78, 5) is 9.69. The molecule has 0 aliphatic carbocycles. The van der Waals surface area contributed by atoms with Crippen molar-refractivity contribution in [3.8, 4) is 0 Å². The van der Waals surface area contributed by atoms with E-state index in [2.05, 4.69) is 10.0 Å². The lowest BCUT2D eigenvalue weighted by Gasteiger charge is -2.30. The minimum Gasteiger partial charge on any atom is -0.313 e. The quantitative estimate of drug-likeness (QED) is 0.625. The molecular formula is C13H19ClFN3O4S. The average Bonchev–Trinajstić information content (AvgIpc) is 2.43. The summed E-state index contributed by atoms with van der Waals surface area (Å²) in [7, 11) is -4.02. The van der Waals surface area contributed by atoms with Crippen molar-refractivity contribution in [2.24, 2.45) is 0 Å². The molecule has 2 unspecified atom stereocenters. The van der Waals surface area contributed by atoms with Crippen LogP contribution in [0.1, 0.15) is 25.3 Å². The highest BCUT2D eigenvalue weighted by Crippen LogP contribution is 2.25. The van der Waals surface area contributed by atoms with E-state index < -0.39 is 31.3 Å². The van der Waals surface area contributed by atoms with E-state index in [-0.39, 0.29) is 30.1 Å². The molecule has 10 heteroatoms. The van der Waals surface area contributed by atoms with E-state index in [0.717, 1.165) is 25.1 Å². The van der Waals surface area contributed by atoms with Crippen LogP contribution < -0.4 is 10.0 Å². The third kappa shape index (κ3) is 4.37. The van der Waals surface area contributed by atoms with Gasteiger partial charge in [-0.2, -0.15) is 0 Å². The van der Waals surface area contributed by atoms with Gasteiger partial charge in [0.15, 0.2) is 0 Å². The Hall–Kier alpha value is -1.29. The van der Waals surface area contributed by atoms with Gasteiger partial charge in [-0.25, -0.2) is 17.5 Å². The van der Waals surface area contributed by atoms with Crippen LogP contribution in [0.15, 0.2) is 17.0 Å². The van der Waals surface area contributed by atoms with Crippen LogP contribution >= 0.6 is 12.4 Å². The SMILES string of the molecule is Cc1c(F)cc(S(=O)(=O)NC2CCCNC2C)cc1[N+](=O)[O-].Cl. The van der Waals surface area contributed by atoms with E-state index in [1.54, 1.807) is 0 Å². The summed E-state index contributed by atoms with van der Waals surface area (Å²) in [6, 6.07) is 1.31. The Labute approximate surface area is 140 Å². The molecule has 0 bridgehead atoms. The van der Waals surface area contributed by atoms with Crippen LogP contribution in [-0.4, -0.2) is 32.0 Å². The number of nitro groups is 1. The van der Waals surface area contributed by atoms with Gasteiger partial charge in [0.05, 0.1) is 15.4 Å². The van der Waals surface area contributed by atoms with E-state index in [1.165, 1.54) is 6.92 Å². The van der Waals surface area contributed by atoms with Crippen molar-refractivity contribution in [2.45, 2.75) is 43.7 Å². The third-order valence-corrected chi connectivity index (χ3v) is 5.34. The van der Waals surface area contributed by atoms with Crippen molar-refractivity contribution in [2.75, 3.05) is 6.54 Å². The summed E-state index contributed by atoms with van der Waals surface area (Å²) in [5, 5.41) is 14.1. The molecule has 2 atom stereocenters. The monoisotopic (exact) mass is 367 g/mol. The Morgan fingerprint density at radius 1 is 1.43 bits per heavy atom. The average molecular weight is 368 g/mol. The standard InChI is InChI=1S/C13H18FN3O4S.ClH/c1-8-11(14)6-10(7-13(8)17(18)19)22(20,21)16-12-4-3-5-15-9(12)2;/h6-7,9,12,15-16H,3-5H2,1-2H3;1H. The maximum absolute atomic E-state index is 13.8. The van der Waals surface area contributed by atoms with Gasteiger partial charge in [0.25, 0.3) is 5.69 Å². The van der Waals surface area contributed by atoms with Crippen molar-refractivity contribution in [1.29, 1.82) is 0 Å². The first-order valence-corrected chi connectivity index (χ1v) is 8.41. The smallest absolute Gasteiger partial charge is 0.276 e. The lowest BCUT2D eigenvalue weighted by atomic mass is 10.0. The Bertz CT molecular complexity index is 699. The zero-order valence-electron chi connectivity index (χ0n) is 12.7. The van der Waals surface area contributed by atoms with Crippen molar-refractivity contribution >= 4 is 28.1 Å². The topological polar surface area (TPSA) is 101 Å².